The average molecular weight is 564 g/mol. The molecule has 36 heavy (non-hydrogen) atoms. The number of piperidine rings is 1. The van der Waals surface area contributed by atoms with Crippen LogP contribution in [0.3, 0.4) is 0 Å². The molecule has 0 spiro atoms. The zero-order chi connectivity index (χ0) is 24.8. The van der Waals surface area contributed by atoms with E-state index in [-0.39, 0.29) is 35.8 Å². The smallest absolute Gasteiger partial charge is 0.376 e. The second kappa shape index (κ2) is 8.46. The van der Waals surface area contributed by atoms with E-state index in [0.29, 0.717) is 54.9 Å². The number of rotatable bonds is 5. The van der Waals surface area contributed by atoms with Gasteiger partial charge in [-0.1, -0.05) is 0 Å². The lowest BCUT2D eigenvalue weighted by Crippen LogP contribution is -2.71. The minimum atomic E-state index is -0.852. The molecule has 5 saturated heterocycles. The van der Waals surface area contributed by atoms with E-state index in [1.165, 1.54) is 0 Å². The number of anilines is 1. The van der Waals surface area contributed by atoms with E-state index < -0.39 is 19.0 Å². The molecule has 2 aromatic rings. The van der Waals surface area contributed by atoms with Crippen LogP contribution in [0.4, 0.5) is 14.6 Å². The lowest BCUT2D eigenvalue weighted by molar-refractivity contribution is 0.107. The van der Waals surface area contributed by atoms with Gasteiger partial charge >= 0.3 is 13.1 Å². The number of fused-ring (bicyclic) bond motifs is 6. The summed E-state index contributed by atoms with van der Waals surface area (Å²) in [6.07, 6.45) is 2.49. The maximum absolute atomic E-state index is 15.7. The quantitative estimate of drug-likeness (QED) is 0.557. The summed E-state index contributed by atoms with van der Waals surface area (Å²) in [5.74, 6) is 0.231. The molecule has 2 bridgehead atoms. The molecule has 1 aromatic heterocycles. The zero-order valence-corrected chi connectivity index (χ0v) is 21.8. The van der Waals surface area contributed by atoms with Crippen molar-refractivity contribution in [2.24, 2.45) is 0 Å². The first-order valence-electron chi connectivity index (χ1n) is 12.9. The molecule has 0 radical (unpaired) electrons. The molecule has 8 nitrogen and oxygen atoms in total. The van der Waals surface area contributed by atoms with E-state index >= 15 is 4.39 Å². The number of halogens is 3. The highest BCUT2D eigenvalue weighted by Gasteiger charge is 2.50. The lowest BCUT2D eigenvalue weighted by atomic mass is 9.76. The molecule has 192 valence electrons. The number of aromatic nitrogens is 2. The molecule has 0 amide bonds. The molecule has 5 fully saturated rings. The predicted octanol–water partition coefficient (Wildman–Crippen LogP) is 2.89. The highest BCUT2D eigenvalue weighted by Crippen LogP contribution is 2.46. The Morgan fingerprint density at radius 2 is 2.00 bits per heavy atom. The predicted molar refractivity (Wildman–Crippen MR) is 134 cm³/mol. The van der Waals surface area contributed by atoms with Crippen molar-refractivity contribution < 1.29 is 23.3 Å². The fourth-order valence-electron chi connectivity index (χ4n) is 7.14. The van der Waals surface area contributed by atoms with Crippen LogP contribution in [-0.4, -0.2) is 88.3 Å². The third kappa shape index (κ3) is 3.44. The Morgan fingerprint density at radius 1 is 1.22 bits per heavy atom. The first-order chi connectivity index (χ1) is 17.3. The van der Waals surface area contributed by atoms with Crippen LogP contribution in [0, 0.1) is 5.82 Å². The Kier molecular flexibility index (Phi) is 5.52. The van der Waals surface area contributed by atoms with Gasteiger partial charge in [0.25, 0.3) is 0 Å². The van der Waals surface area contributed by atoms with Gasteiger partial charge in [-0.2, -0.15) is 9.97 Å². The van der Waals surface area contributed by atoms with E-state index in [2.05, 4.69) is 35.5 Å². The number of nitrogens with zero attached hydrogens (tertiary/aromatic N) is 5. The molecular formula is C24H29BBrF2N5O3. The summed E-state index contributed by atoms with van der Waals surface area (Å²) in [6.45, 7) is 5.53. The number of piperazine rings is 1. The second-order valence-corrected chi connectivity index (χ2v) is 11.8. The van der Waals surface area contributed by atoms with Gasteiger partial charge in [-0.25, -0.2) is 8.78 Å². The third-order valence-corrected chi connectivity index (χ3v) is 9.75. The molecule has 4 atom stereocenters. The number of hydrogen-bond donors (Lipinski definition) is 1. The molecule has 1 aromatic carbocycles. The third-order valence-electron chi connectivity index (χ3n) is 8.92. The monoisotopic (exact) mass is 563 g/mol. The van der Waals surface area contributed by atoms with E-state index in [0.717, 1.165) is 36.9 Å². The Labute approximate surface area is 217 Å². The van der Waals surface area contributed by atoms with Crippen molar-refractivity contribution in [1.29, 1.82) is 0 Å². The first-order valence-corrected chi connectivity index (χ1v) is 13.6. The number of ether oxygens (including phenoxy) is 2. The van der Waals surface area contributed by atoms with Crippen LogP contribution in [0.2, 0.25) is 6.82 Å². The number of alkyl halides is 1. The Hall–Kier alpha value is -1.60. The van der Waals surface area contributed by atoms with E-state index in [4.69, 9.17) is 14.5 Å². The van der Waals surface area contributed by atoms with E-state index in [1.54, 1.807) is 6.82 Å². The van der Waals surface area contributed by atoms with Crippen LogP contribution in [-0.2, 0) is 18.0 Å². The fourth-order valence-corrected chi connectivity index (χ4v) is 7.68. The van der Waals surface area contributed by atoms with Crippen LogP contribution in [0.1, 0.15) is 36.8 Å². The van der Waals surface area contributed by atoms with Crippen molar-refractivity contribution in [2.45, 2.75) is 69.5 Å². The highest BCUT2D eigenvalue weighted by atomic mass is 79.9. The maximum atomic E-state index is 15.7. The van der Waals surface area contributed by atoms with Gasteiger partial charge in [0.15, 0.2) is 5.82 Å². The SMILES string of the molecule is CB(O)N1CC2CC(C1)N2c1nc(OC[C@@]23CCCN2C[C@H](F)C3)nc2c(F)c(Br)c3c(c12)COC3. The van der Waals surface area contributed by atoms with Gasteiger partial charge in [0.1, 0.15) is 24.1 Å². The lowest BCUT2D eigenvalue weighted by Gasteiger charge is -2.57. The summed E-state index contributed by atoms with van der Waals surface area (Å²) >= 11 is 3.42. The molecule has 6 aliphatic rings. The van der Waals surface area contributed by atoms with Gasteiger partial charge in [-0.15, -0.1) is 0 Å². The van der Waals surface area contributed by atoms with E-state index in [1.807, 2.05) is 0 Å². The van der Waals surface area contributed by atoms with Crippen LogP contribution in [0.25, 0.3) is 10.9 Å². The van der Waals surface area contributed by atoms with Gasteiger partial charge in [0.05, 0.1) is 28.6 Å². The number of hydrogen-bond acceptors (Lipinski definition) is 8. The van der Waals surface area contributed by atoms with Crippen molar-refractivity contribution in [2.75, 3.05) is 37.7 Å². The molecule has 12 heteroatoms. The van der Waals surface area contributed by atoms with Gasteiger partial charge in [-0.05, 0) is 54.1 Å². The molecule has 0 aliphatic carbocycles. The van der Waals surface area contributed by atoms with Crippen LogP contribution >= 0.6 is 15.9 Å². The minimum absolute atomic E-state index is 0.128. The van der Waals surface area contributed by atoms with Crippen LogP contribution < -0.4 is 9.64 Å². The Morgan fingerprint density at radius 3 is 2.78 bits per heavy atom. The minimum Gasteiger partial charge on any atom is -0.461 e. The van der Waals surface area contributed by atoms with Gasteiger partial charge in [-0.3, -0.25) is 4.90 Å². The molecule has 1 N–H and O–H groups in total. The topological polar surface area (TPSA) is 74.2 Å². The van der Waals surface area contributed by atoms with E-state index in [9.17, 15) is 9.41 Å². The van der Waals surface area contributed by atoms with Crippen molar-refractivity contribution in [3.63, 3.8) is 0 Å². The maximum Gasteiger partial charge on any atom is 0.376 e. The fraction of sp³-hybridized carbons (Fsp3) is 0.667. The van der Waals surface area contributed by atoms with Gasteiger partial charge < -0.3 is 24.2 Å². The summed E-state index contributed by atoms with van der Waals surface area (Å²) in [6, 6.07) is 0.461. The summed E-state index contributed by atoms with van der Waals surface area (Å²) in [5.41, 5.74) is 1.59. The molecule has 7 heterocycles. The molecule has 2 unspecified atom stereocenters. The largest absolute Gasteiger partial charge is 0.461 e. The Bertz CT molecular complexity index is 1230. The summed E-state index contributed by atoms with van der Waals surface area (Å²) in [4.78, 5) is 15.9. The highest BCUT2D eigenvalue weighted by molar-refractivity contribution is 9.10. The van der Waals surface area contributed by atoms with Gasteiger partial charge in [0, 0.05) is 43.7 Å². The second-order valence-electron chi connectivity index (χ2n) is 11.0. The standard InChI is InChI=1S/C24H29BBrF2N5O3/c1-25(34)32-8-14-5-15(9-32)33(14)22-18-16-10-35-11-17(16)19(26)20(28)21(18)29-23(30-22)36-12-24-3-2-4-31(24)7-13(27)6-24/h13-15,34H,2-12H2,1H3/t13-,14?,15?,24+/m1/s1. The average Bonchev–Trinajstić information content (AvgIpc) is 3.55. The molecule has 0 saturated carbocycles. The van der Waals surface area contributed by atoms with Crippen molar-refractivity contribution >= 4 is 39.7 Å². The summed E-state index contributed by atoms with van der Waals surface area (Å²) in [7, 11) is -0.510. The summed E-state index contributed by atoms with van der Waals surface area (Å²) in [5, 5.41) is 10.8. The van der Waals surface area contributed by atoms with Crippen molar-refractivity contribution in [3.8, 4) is 6.01 Å². The normalized spacial score (nSPS) is 31.6. The zero-order valence-electron chi connectivity index (χ0n) is 20.2. The summed E-state index contributed by atoms with van der Waals surface area (Å²) < 4.78 is 42.2. The Balaban J connectivity index is 1.30. The molecule has 8 rings (SSSR count). The van der Waals surface area contributed by atoms with Gasteiger partial charge in [0.2, 0.25) is 0 Å². The first kappa shape index (κ1) is 23.5. The van der Waals surface area contributed by atoms with Crippen LogP contribution in [0.5, 0.6) is 6.01 Å². The van der Waals surface area contributed by atoms with Crippen LogP contribution in [0.15, 0.2) is 4.47 Å². The molecular weight excluding hydrogens is 535 g/mol. The van der Waals surface area contributed by atoms with Crippen molar-refractivity contribution in [3.05, 3.63) is 21.4 Å². The van der Waals surface area contributed by atoms with Crippen molar-refractivity contribution in [1.82, 2.24) is 19.7 Å². The molecule has 6 aliphatic heterocycles. The number of benzene rings is 1.